The van der Waals surface area contributed by atoms with Crippen molar-refractivity contribution < 1.29 is 60.4 Å². The number of amides is 3. The van der Waals surface area contributed by atoms with Crippen molar-refractivity contribution >= 4 is 33.6 Å². The number of aromatic nitrogens is 2. The van der Waals surface area contributed by atoms with Crippen molar-refractivity contribution in [1.29, 1.82) is 0 Å². The molecule has 0 radical (unpaired) electrons. The highest BCUT2D eigenvalue weighted by Crippen LogP contribution is 2.39. The lowest BCUT2D eigenvalue weighted by Crippen LogP contribution is -2.51. The van der Waals surface area contributed by atoms with Crippen LogP contribution >= 0.6 is 0 Å². The number of carbonyl (C=O) groups excluding carboxylic acids is 3. The number of anilines is 1. The summed E-state index contributed by atoms with van der Waals surface area (Å²) < 4.78 is 105. The van der Waals surface area contributed by atoms with Crippen molar-refractivity contribution in [2.75, 3.05) is 23.7 Å². The average molecular weight is 820 g/mol. The maximum atomic E-state index is 15.0. The summed E-state index contributed by atoms with van der Waals surface area (Å²) >= 11 is 0. The maximum Gasteiger partial charge on any atom is 0.410 e. The van der Waals surface area contributed by atoms with E-state index in [9.17, 15) is 40.4 Å². The summed E-state index contributed by atoms with van der Waals surface area (Å²) in [7, 11) is -4.30. The molecule has 0 bridgehead atoms. The van der Waals surface area contributed by atoms with Gasteiger partial charge in [-0.2, -0.15) is 8.78 Å². The number of hydrogen-bond acceptors (Lipinski definition) is 11. The topological polar surface area (TPSA) is 170 Å². The number of ether oxygens (including phenoxy) is 3. The molecular formula is C38H41F4N5O9S. The van der Waals surface area contributed by atoms with Crippen LogP contribution in [0.2, 0.25) is 0 Å². The molecule has 6 rings (SSSR count). The third kappa shape index (κ3) is 10.4. The number of nitrogens with zero attached hydrogens (tertiary/aromatic N) is 4. The van der Waals surface area contributed by atoms with Gasteiger partial charge in [0.05, 0.1) is 35.3 Å². The molecule has 0 spiro atoms. The van der Waals surface area contributed by atoms with Gasteiger partial charge in [0.2, 0.25) is 11.8 Å². The van der Waals surface area contributed by atoms with Crippen molar-refractivity contribution in [2.24, 2.45) is 0 Å². The fourth-order valence-electron chi connectivity index (χ4n) is 6.31. The lowest BCUT2D eigenvalue weighted by atomic mass is 9.95. The highest BCUT2D eigenvalue weighted by Gasteiger charge is 2.45. The Hall–Kier alpha value is -5.72. The number of hydrogen-bond donors (Lipinski definition) is 1. The van der Waals surface area contributed by atoms with Gasteiger partial charge in [0.1, 0.15) is 24.0 Å². The Balaban J connectivity index is 0.00000641. The molecule has 1 aromatic heterocycles. The van der Waals surface area contributed by atoms with E-state index in [4.69, 9.17) is 13.9 Å². The third-order valence-corrected chi connectivity index (χ3v) is 10.5. The van der Waals surface area contributed by atoms with Gasteiger partial charge in [0.25, 0.3) is 11.8 Å². The van der Waals surface area contributed by atoms with Crippen molar-refractivity contribution in [3.8, 4) is 17.2 Å². The zero-order valence-corrected chi connectivity index (χ0v) is 32.0. The molecule has 14 nitrogen and oxygen atoms in total. The number of carbonyl (C=O) groups is 3. The van der Waals surface area contributed by atoms with E-state index in [2.05, 4.69) is 20.3 Å². The second-order valence-corrected chi connectivity index (χ2v) is 16.8. The smallest absolute Gasteiger partial charge is 0.410 e. The molecule has 2 aliphatic heterocycles. The van der Waals surface area contributed by atoms with Crippen molar-refractivity contribution in [3.05, 3.63) is 89.8 Å². The largest absolute Gasteiger partial charge is 0.445 e. The predicted octanol–water partition coefficient (Wildman–Crippen LogP) is 6.95. The van der Waals surface area contributed by atoms with Crippen molar-refractivity contribution in [1.82, 2.24) is 20.4 Å². The first-order valence-electron chi connectivity index (χ1n) is 17.7. The number of halogens is 4. The van der Waals surface area contributed by atoms with Crippen LogP contribution in [0.5, 0.6) is 5.75 Å². The Morgan fingerprint density at radius 2 is 1.70 bits per heavy atom. The SMILES string of the molecule is CC(C)(C)OC(=O)N[C@H]1CS(=O)(=O)c2ccc(-c3nnc(C4CN(C(=O)OCc5ccccc5)CC(F)(F)C4)o3)cc2N(Cc2ccc(OC(C)(F)F)cc2)C1=O.[HH]. The number of alkyl halides is 4. The molecule has 3 aromatic carbocycles. The Morgan fingerprint density at radius 3 is 2.37 bits per heavy atom. The highest BCUT2D eigenvalue weighted by atomic mass is 32.2. The summed E-state index contributed by atoms with van der Waals surface area (Å²) in [5.74, 6) is -6.71. The van der Waals surface area contributed by atoms with Crippen LogP contribution in [-0.4, -0.2) is 84.1 Å². The molecule has 0 saturated carbocycles. The Kier molecular flexibility index (Phi) is 11.3. The minimum atomic E-state index is -4.30. The number of benzene rings is 3. The van der Waals surface area contributed by atoms with E-state index in [0.29, 0.717) is 18.1 Å². The van der Waals surface area contributed by atoms with Crippen LogP contribution in [0.1, 0.15) is 58.5 Å². The van der Waals surface area contributed by atoms with Gasteiger partial charge in [-0.25, -0.2) is 26.8 Å². The molecule has 3 heterocycles. The molecule has 4 aromatic rings. The van der Waals surface area contributed by atoms with Gasteiger partial charge in [-0.15, -0.1) is 10.2 Å². The Morgan fingerprint density at radius 1 is 1.00 bits per heavy atom. The first kappa shape index (κ1) is 40.9. The van der Waals surface area contributed by atoms with E-state index in [0.717, 1.165) is 9.80 Å². The second kappa shape index (κ2) is 15.7. The molecule has 306 valence electrons. The molecule has 19 heteroatoms. The van der Waals surface area contributed by atoms with Crippen LogP contribution in [-0.2, 0) is 37.3 Å². The molecule has 3 amide bonds. The molecule has 1 saturated heterocycles. The van der Waals surface area contributed by atoms with Gasteiger partial charge in [0, 0.05) is 26.9 Å². The van der Waals surface area contributed by atoms with E-state index in [-0.39, 0.29) is 54.8 Å². The zero-order valence-electron chi connectivity index (χ0n) is 31.2. The standard InChI is InChI=1S/C38H39F4N5O9S.H2/c1-36(2,3)56-34(49)43-28-21-57(51,52)30-15-12-25(16-29(30)47(33(28)48)18-23-10-13-27(14-11-23)55-37(4,39)40)31-44-45-32(54-31)26-17-38(41,42)22-46(19-26)35(50)53-20-24-8-6-5-7-9-24;/h5-16,26,28H,17-22H2,1-4H3,(H,43,49);1H/t26?,28-;/m0./s1. The summed E-state index contributed by atoms with van der Waals surface area (Å²) in [6.45, 7) is 3.80. The molecule has 0 aliphatic carbocycles. The van der Waals surface area contributed by atoms with Crippen molar-refractivity contribution in [3.63, 3.8) is 0 Å². The van der Waals surface area contributed by atoms with Gasteiger partial charge >= 0.3 is 18.3 Å². The van der Waals surface area contributed by atoms with Gasteiger partial charge in [-0.05, 0) is 62.2 Å². The molecule has 1 fully saturated rings. The molecule has 1 N–H and O–H groups in total. The molecule has 2 atom stereocenters. The molecule has 57 heavy (non-hydrogen) atoms. The number of piperidine rings is 1. The van der Waals surface area contributed by atoms with E-state index >= 15 is 0 Å². The third-order valence-electron chi connectivity index (χ3n) is 8.70. The van der Waals surface area contributed by atoms with E-state index in [1.807, 2.05) is 0 Å². The first-order valence-corrected chi connectivity index (χ1v) is 19.3. The monoisotopic (exact) mass is 819 g/mol. The average Bonchev–Trinajstić information content (AvgIpc) is 3.59. The second-order valence-electron chi connectivity index (χ2n) is 14.8. The molecule has 2 aliphatic rings. The number of fused-ring (bicyclic) bond motifs is 1. The Labute approximate surface area is 326 Å². The van der Waals surface area contributed by atoms with Crippen LogP contribution in [0.25, 0.3) is 11.5 Å². The number of sulfone groups is 1. The summed E-state index contributed by atoms with van der Waals surface area (Å²) in [6, 6.07) is 16.2. The number of nitrogens with one attached hydrogen (secondary N) is 1. The van der Waals surface area contributed by atoms with E-state index < -0.39 is 76.2 Å². The van der Waals surface area contributed by atoms with Crippen LogP contribution in [0.4, 0.5) is 32.8 Å². The summed E-state index contributed by atoms with van der Waals surface area (Å²) in [5, 5.41) is 10.4. The van der Waals surface area contributed by atoms with Crippen LogP contribution < -0.4 is 15.0 Å². The first-order chi connectivity index (χ1) is 26.6. The van der Waals surface area contributed by atoms with Gasteiger partial charge in [-0.1, -0.05) is 42.5 Å². The summed E-state index contributed by atoms with van der Waals surface area (Å²) in [4.78, 5) is 41.5. The van der Waals surface area contributed by atoms with Gasteiger partial charge in [0.15, 0.2) is 9.84 Å². The number of alkyl carbamates (subject to hydrolysis) is 1. The zero-order chi connectivity index (χ0) is 41.3. The number of likely N-dealkylation sites (tertiary alicyclic amines) is 1. The van der Waals surface area contributed by atoms with E-state index in [1.165, 1.54) is 42.5 Å². The molecule has 1 unspecified atom stereocenters. The fourth-order valence-corrected chi connectivity index (χ4v) is 7.92. The predicted molar refractivity (Wildman–Crippen MR) is 196 cm³/mol. The highest BCUT2D eigenvalue weighted by molar-refractivity contribution is 7.91. The summed E-state index contributed by atoms with van der Waals surface area (Å²) in [6.07, 6.45) is -6.18. The van der Waals surface area contributed by atoms with Crippen molar-refractivity contribution in [2.45, 2.75) is 81.8 Å². The van der Waals surface area contributed by atoms with E-state index in [1.54, 1.807) is 51.1 Å². The van der Waals surface area contributed by atoms with Gasteiger partial charge < -0.3 is 33.7 Å². The minimum Gasteiger partial charge on any atom is -0.445 e. The van der Waals surface area contributed by atoms with Gasteiger partial charge in [-0.3, -0.25) is 4.79 Å². The molecular weight excluding hydrogens is 779 g/mol. The normalized spacial score (nSPS) is 19.3. The van der Waals surface area contributed by atoms with Crippen LogP contribution in [0.3, 0.4) is 0 Å². The number of rotatable bonds is 9. The quantitative estimate of drug-likeness (QED) is 0.173. The summed E-state index contributed by atoms with van der Waals surface area (Å²) in [5.41, 5.74) is 0.0147. The van der Waals surface area contributed by atoms with Crippen LogP contribution in [0, 0.1) is 0 Å². The maximum absolute atomic E-state index is 15.0. The fraction of sp³-hybridized carbons (Fsp3) is 0.395. The van der Waals surface area contributed by atoms with Crippen LogP contribution in [0.15, 0.2) is 82.1 Å². The Bertz CT molecular complexity index is 2230. The minimum absolute atomic E-state index is 0. The lowest BCUT2D eigenvalue weighted by Gasteiger charge is -2.35. The lowest BCUT2D eigenvalue weighted by molar-refractivity contribution is -0.159.